The van der Waals surface area contributed by atoms with Crippen molar-refractivity contribution in [2.75, 3.05) is 13.2 Å². The fourth-order valence-electron chi connectivity index (χ4n) is 2.08. The molecule has 0 unspecified atom stereocenters. The van der Waals surface area contributed by atoms with Crippen LogP contribution in [0.15, 0.2) is 42.5 Å². The minimum Gasteiger partial charge on any atom is -0.373 e. The lowest BCUT2D eigenvalue weighted by Gasteiger charge is -2.17. The van der Waals surface area contributed by atoms with Crippen LogP contribution >= 0.6 is 0 Å². The summed E-state index contributed by atoms with van der Waals surface area (Å²) < 4.78 is 43.0. The molecule has 0 aromatic heterocycles. The van der Waals surface area contributed by atoms with Crippen LogP contribution in [-0.4, -0.2) is 29.5 Å². The molecule has 0 saturated heterocycles. The van der Waals surface area contributed by atoms with Crippen LogP contribution in [0, 0.1) is 11.6 Å². The van der Waals surface area contributed by atoms with E-state index in [2.05, 4.69) is 0 Å². The molecule has 0 aliphatic carbocycles. The van der Waals surface area contributed by atoms with Gasteiger partial charge in [0, 0.05) is 24.8 Å². The first-order valence-corrected chi connectivity index (χ1v) is 8.81. The third-order valence-corrected chi connectivity index (χ3v) is 4.43. The Morgan fingerprint density at radius 1 is 0.957 bits per heavy atom. The first-order chi connectivity index (χ1) is 11.1. The zero-order valence-electron chi connectivity index (χ0n) is 13.2. The molecule has 0 N–H and O–H groups in total. The molecule has 23 heavy (non-hydrogen) atoms. The second-order valence-electron chi connectivity index (χ2n) is 4.83. The van der Waals surface area contributed by atoms with Gasteiger partial charge in [0.1, 0.15) is 11.6 Å². The van der Waals surface area contributed by atoms with Crippen LogP contribution in [0.4, 0.5) is 8.78 Å². The maximum Gasteiger partial charge on any atom is 0.261 e. The summed E-state index contributed by atoms with van der Waals surface area (Å²) in [4.78, 5) is 0. The van der Waals surface area contributed by atoms with Gasteiger partial charge >= 0.3 is 0 Å². The van der Waals surface area contributed by atoms with E-state index in [-0.39, 0.29) is 0 Å². The van der Waals surface area contributed by atoms with E-state index in [1.165, 1.54) is 12.1 Å². The van der Waals surface area contributed by atoms with Crippen molar-refractivity contribution in [1.29, 1.82) is 0 Å². The summed E-state index contributed by atoms with van der Waals surface area (Å²) in [6, 6.07) is 11.0. The molecule has 0 saturated carbocycles. The SMILES string of the molecule is CCOC(OCC)O[SiH2]c1ccc(-c2ccc(F)cc2F)cc1. The van der Waals surface area contributed by atoms with Gasteiger partial charge < -0.3 is 13.9 Å². The fraction of sp³-hybridized carbons (Fsp3) is 0.294. The van der Waals surface area contributed by atoms with Crippen LogP contribution in [0.3, 0.4) is 0 Å². The molecule has 0 heterocycles. The Morgan fingerprint density at radius 3 is 2.17 bits per heavy atom. The lowest BCUT2D eigenvalue weighted by Crippen LogP contribution is -2.28. The van der Waals surface area contributed by atoms with Gasteiger partial charge in [0.05, 0.1) is 0 Å². The Bertz CT molecular complexity index is 614. The van der Waals surface area contributed by atoms with Crippen LogP contribution in [0.25, 0.3) is 11.1 Å². The van der Waals surface area contributed by atoms with E-state index in [1.807, 2.05) is 26.0 Å². The highest BCUT2D eigenvalue weighted by molar-refractivity contribution is 6.46. The van der Waals surface area contributed by atoms with Crippen LogP contribution in [0.1, 0.15) is 13.8 Å². The van der Waals surface area contributed by atoms with E-state index in [0.717, 1.165) is 11.3 Å². The van der Waals surface area contributed by atoms with Crippen molar-refractivity contribution in [2.45, 2.75) is 20.3 Å². The summed E-state index contributed by atoms with van der Waals surface area (Å²) in [5, 5.41) is 1.04. The van der Waals surface area contributed by atoms with Crippen LogP contribution in [0.2, 0.25) is 0 Å². The highest BCUT2D eigenvalue weighted by atomic mass is 28.2. The summed E-state index contributed by atoms with van der Waals surface area (Å²) in [5.74, 6) is -1.15. The number of halogens is 2. The van der Waals surface area contributed by atoms with Gasteiger partial charge in [0.2, 0.25) is 0 Å². The Kier molecular flexibility index (Phi) is 6.85. The molecule has 2 aromatic rings. The van der Waals surface area contributed by atoms with E-state index >= 15 is 0 Å². The number of benzene rings is 2. The molecule has 2 aromatic carbocycles. The molecule has 0 spiro atoms. The van der Waals surface area contributed by atoms with Crippen molar-refractivity contribution in [2.24, 2.45) is 0 Å². The van der Waals surface area contributed by atoms with Gasteiger partial charge in [-0.3, -0.25) is 0 Å². The van der Waals surface area contributed by atoms with Crippen molar-refractivity contribution < 1.29 is 22.7 Å². The third kappa shape index (κ3) is 5.21. The van der Waals surface area contributed by atoms with Crippen molar-refractivity contribution >= 4 is 14.9 Å². The number of rotatable bonds is 8. The van der Waals surface area contributed by atoms with Gasteiger partial charge in [-0.2, -0.15) is 0 Å². The quantitative estimate of drug-likeness (QED) is 0.547. The molecule has 0 aliphatic heterocycles. The van der Waals surface area contributed by atoms with Crippen LogP contribution in [0.5, 0.6) is 0 Å². The van der Waals surface area contributed by atoms with Gasteiger partial charge in [-0.05, 0) is 36.7 Å². The summed E-state index contributed by atoms with van der Waals surface area (Å²) in [6.07, 6.45) is 0. The summed E-state index contributed by atoms with van der Waals surface area (Å²) in [6.45, 7) is 4.15. The summed E-state index contributed by atoms with van der Waals surface area (Å²) in [5.41, 5.74) is 1.08. The molecule has 0 amide bonds. The predicted molar refractivity (Wildman–Crippen MR) is 88.1 cm³/mol. The van der Waals surface area contributed by atoms with E-state index in [9.17, 15) is 8.78 Å². The van der Waals surface area contributed by atoms with Crippen molar-refractivity contribution in [3.63, 3.8) is 0 Å². The smallest absolute Gasteiger partial charge is 0.261 e. The molecule has 124 valence electrons. The number of hydrogen-bond donors (Lipinski definition) is 0. The molecular weight excluding hydrogens is 318 g/mol. The maximum absolute atomic E-state index is 13.8. The van der Waals surface area contributed by atoms with Gasteiger partial charge in [-0.1, -0.05) is 24.3 Å². The number of hydrogen-bond acceptors (Lipinski definition) is 3. The zero-order chi connectivity index (χ0) is 16.7. The van der Waals surface area contributed by atoms with Gasteiger partial charge in [0.25, 0.3) is 6.48 Å². The van der Waals surface area contributed by atoms with Gasteiger partial charge in [-0.15, -0.1) is 0 Å². The largest absolute Gasteiger partial charge is 0.373 e. The molecule has 0 fully saturated rings. The molecule has 0 radical (unpaired) electrons. The minimum absolute atomic E-state index is 0.377. The lowest BCUT2D eigenvalue weighted by atomic mass is 10.1. The minimum atomic E-state index is -1.02. The first kappa shape index (κ1) is 17.7. The van der Waals surface area contributed by atoms with E-state index in [0.29, 0.717) is 24.3 Å². The molecule has 0 bridgehead atoms. The predicted octanol–water partition coefficient (Wildman–Crippen LogP) is 2.71. The Hall–Kier alpha value is -1.60. The Labute approximate surface area is 137 Å². The molecule has 6 heteroatoms. The van der Waals surface area contributed by atoms with Gasteiger partial charge in [0.15, 0.2) is 9.76 Å². The number of ether oxygens (including phenoxy) is 2. The molecular formula is C17H20F2O3Si. The van der Waals surface area contributed by atoms with E-state index in [1.54, 1.807) is 12.1 Å². The second-order valence-corrected chi connectivity index (χ2v) is 6.27. The average Bonchev–Trinajstić information content (AvgIpc) is 2.54. The Morgan fingerprint density at radius 2 is 1.61 bits per heavy atom. The molecule has 0 aliphatic rings. The highest BCUT2D eigenvalue weighted by Gasteiger charge is 2.10. The standard InChI is InChI=1S/C17H20F2O3Si/c1-3-20-17(21-4-2)22-23-14-8-5-12(6-9-14)15-10-7-13(18)11-16(15)19/h5-11,17H,3-4,23H2,1-2H3. The van der Waals surface area contributed by atoms with Crippen molar-refractivity contribution in [1.82, 2.24) is 0 Å². The van der Waals surface area contributed by atoms with Crippen LogP contribution < -0.4 is 5.19 Å². The third-order valence-electron chi connectivity index (χ3n) is 3.19. The second kappa shape index (κ2) is 8.88. The highest BCUT2D eigenvalue weighted by Crippen LogP contribution is 2.22. The Balaban J connectivity index is 2.01. The van der Waals surface area contributed by atoms with Crippen LogP contribution in [-0.2, 0) is 13.9 Å². The van der Waals surface area contributed by atoms with Gasteiger partial charge in [-0.25, -0.2) is 8.78 Å². The summed E-state index contributed by atoms with van der Waals surface area (Å²) >= 11 is 0. The lowest BCUT2D eigenvalue weighted by molar-refractivity contribution is -0.242. The zero-order valence-corrected chi connectivity index (χ0v) is 14.6. The molecule has 3 nitrogen and oxygen atoms in total. The van der Waals surface area contributed by atoms with E-state index in [4.69, 9.17) is 13.9 Å². The fourth-order valence-corrected chi connectivity index (χ4v) is 3.03. The maximum atomic E-state index is 13.8. The normalized spacial score (nSPS) is 11.7. The average molecular weight is 338 g/mol. The van der Waals surface area contributed by atoms with Crippen molar-refractivity contribution in [3.05, 3.63) is 54.1 Å². The van der Waals surface area contributed by atoms with E-state index < -0.39 is 27.9 Å². The monoisotopic (exact) mass is 338 g/mol. The van der Waals surface area contributed by atoms with Crippen molar-refractivity contribution in [3.8, 4) is 11.1 Å². The topological polar surface area (TPSA) is 27.7 Å². The molecule has 2 rings (SSSR count). The molecule has 0 atom stereocenters. The first-order valence-electron chi connectivity index (χ1n) is 7.53. The summed E-state index contributed by atoms with van der Waals surface area (Å²) in [7, 11) is -1.02.